The molecule has 7 heteroatoms. The smallest absolute Gasteiger partial charge is 0.291 e. The Morgan fingerprint density at radius 2 is 1.97 bits per heavy atom. The molecule has 0 aliphatic heterocycles. The minimum atomic E-state index is -0.287. The van der Waals surface area contributed by atoms with Gasteiger partial charge in [0.2, 0.25) is 5.91 Å². The van der Waals surface area contributed by atoms with E-state index in [9.17, 15) is 9.59 Å². The van der Waals surface area contributed by atoms with Gasteiger partial charge >= 0.3 is 0 Å². The minimum absolute atomic E-state index is 0.0474. The number of hydrogen-bond acceptors (Lipinski definition) is 3. The zero-order valence-electron chi connectivity index (χ0n) is 16.9. The van der Waals surface area contributed by atoms with E-state index in [1.807, 2.05) is 66.9 Å². The molecule has 0 saturated carbocycles. The average molecular weight is 423 g/mol. The van der Waals surface area contributed by atoms with Crippen molar-refractivity contribution in [2.45, 2.75) is 39.4 Å². The number of carbonyl (C=O) groups is 1. The summed E-state index contributed by atoms with van der Waals surface area (Å²) in [6.45, 7) is 4.30. The number of halogens is 1. The molecule has 0 spiro atoms. The number of rotatable bonds is 6. The molecule has 6 nitrogen and oxygen atoms in total. The highest BCUT2D eigenvalue weighted by atomic mass is 35.5. The van der Waals surface area contributed by atoms with E-state index in [4.69, 9.17) is 11.6 Å². The van der Waals surface area contributed by atoms with Gasteiger partial charge in [-0.25, -0.2) is 4.68 Å². The third-order valence-electron chi connectivity index (χ3n) is 5.32. The molecule has 0 saturated heterocycles. The van der Waals surface area contributed by atoms with Crippen LogP contribution in [0.2, 0.25) is 5.02 Å². The summed E-state index contributed by atoms with van der Waals surface area (Å²) < 4.78 is 3.21. The fraction of sp³-hybridized carbons (Fsp3) is 0.261. The van der Waals surface area contributed by atoms with Gasteiger partial charge in [-0.15, -0.1) is 0 Å². The Morgan fingerprint density at radius 3 is 2.73 bits per heavy atom. The summed E-state index contributed by atoms with van der Waals surface area (Å²) in [4.78, 5) is 25.7. The van der Waals surface area contributed by atoms with Gasteiger partial charge in [0.1, 0.15) is 12.1 Å². The Labute approximate surface area is 179 Å². The Kier molecular flexibility index (Phi) is 5.59. The fourth-order valence-corrected chi connectivity index (χ4v) is 3.86. The van der Waals surface area contributed by atoms with Crippen molar-refractivity contribution in [3.8, 4) is 0 Å². The van der Waals surface area contributed by atoms with Crippen molar-refractivity contribution >= 4 is 39.3 Å². The van der Waals surface area contributed by atoms with Crippen molar-refractivity contribution in [2.75, 3.05) is 0 Å². The zero-order chi connectivity index (χ0) is 21.3. The standard InChI is InChI=1S/C23H23ClN4O2/c1-3-15(2)26-21(29)14-28-23(30)22-19(12-25-28)18-9-4-5-10-20(18)27(22)13-16-7-6-8-17(24)11-16/h4-12,15H,3,13-14H2,1-2H3,(H,26,29)/t15-/m1/s1. The number of nitrogens with zero attached hydrogens (tertiary/aromatic N) is 3. The van der Waals surface area contributed by atoms with E-state index in [0.29, 0.717) is 17.1 Å². The topological polar surface area (TPSA) is 68.9 Å². The summed E-state index contributed by atoms with van der Waals surface area (Å²) in [5.74, 6) is -0.226. The molecule has 2 heterocycles. The molecule has 0 unspecified atom stereocenters. The number of carbonyl (C=O) groups excluding carboxylic acids is 1. The van der Waals surface area contributed by atoms with E-state index < -0.39 is 0 Å². The highest BCUT2D eigenvalue weighted by Gasteiger charge is 2.17. The van der Waals surface area contributed by atoms with Gasteiger partial charge in [-0.3, -0.25) is 9.59 Å². The predicted molar refractivity (Wildman–Crippen MR) is 120 cm³/mol. The molecule has 0 aliphatic rings. The second-order valence-corrected chi connectivity index (χ2v) is 7.92. The van der Waals surface area contributed by atoms with Crippen molar-refractivity contribution in [1.29, 1.82) is 0 Å². The lowest BCUT2D eigenvalue weighted by atomic mass is 10.2. The lowest BCUT2D eigenvalue weighted by Crippen LogP contribution is -2.38. The molecular weight excluding hydrogens is 400 g/mol. The molecule has 2 aromatic carbocycles. The van der Waals surface area contributed by atoms with E-state index >= 15 is 0 Å². The van der Waals surface area contributed by atoms with Gasteiger partial charge < -0.3 is 9.88 Å². The Morgan fingerprint density at radius 1 is 1.17 bits per heavy atom. The van der Waals surface area contributed by atoms with Crippen LogP contribution in [0.4, 0.5) is 0 Å². The van der Waals surface area contributed by atoms with Crippen LogP contribution in [-0.2, 0) is 17.9 Å². The van der Waals surface area contributed by atoms with Gasteiger partial charge in [0.05, 0.1) is 6.20 Å². The van der Waals surface area contributed by atoms with Gasteiger partial charge in [-0.2, -0.15) is 5.10 Å². The quantitative estimate of drug-likeness (QED) is 0.511. The molecule has 154 valence electrons. The van der Waals surface area contributed by atoms with Crippen molar-refractivity contribution < 1.29 is 4.79 Å². The molecular formula is C23H23ClN4O2. The van der Waals surface area contributed by atoms with Gasteiger partial charge in [-0.05, 0) is 37.1 Å². The molecule has 0 aliphatic carbocycles. The normalized spacial score (nSPS) is 12.4. The fourth-order valence-electron chi connectivity index (χ4n) is 3.65. The Hall–Kier alpha value is -3.12. The van der Waals surface area contributed by atoms with E-state index in [0.717, 1.165) is 28.3 Å². The first kappa shape index (κ1) is 20.2. The molecule has 30 heavy (non-hydrogen) atoms. The summed E-state index contributed by atoms with van der Waals surface area (Å²) >= 11 is 6.16. The third-order valence-corrected chi connectivity index (χ3v) is 5.55. The lowest BCUT2D eigenvalue weighted by molar-refractivity contribution is -0.122. The monoisotopic (exact) mass is 422 g/mol. The predicted octanol–water partition coefficient (Wildman–Crippen LogP) is 3.97. The first-order chi connectivity index (χ1) is 14.5. The van der Waals surface area contributed by atoms with Crippen LogP contribution >= 0.6 is 11.6 Å². The van der Waals surface area contributed by atoms with Crippen molar-refractivity contribution in [2.24, 2.45) is 0 Å². The summed E-state index contributed by atoms with van der Waals surface area (Å²) in [7, 11) is 0. The summed E-state index contributed by atoms with van der Waals surface area (Å²) in [5.41, 5.74) is 2.17. The minimum Gasteiger partial charge on any atom is -0.352 e. The maximum Gasteiger partial charge on any atom is 0.291 e. The van der Waals surface area contributed by atoms with Crippen molar-refractivity contribution in [3.05, 3.63) is 75.7 Å². The van der Waals surface area contributed by atoms with Crippen LogP contribution in [0, 0.1) is 0 Å². The maximum atomic E-state index is 13.3. The molecule has 1 amide bonds. The molecule has 0 radical (unpaired) electrons. The molecule has 1 N–H and O–H groups in total. The molecule has 4 aromatic rings. The van der Waals surface area contributed by atoms with Crippen LogP contribution in [0.3, 0.4) is 0 Å². The zero-order valence-corrected chi connectivity index (χ0v) is 17.7. The largest absolute Gasteiger partial charge is 0.352 e. The van der Waals surface area contributed by atoms with Gasteiger partial charge in [-0.1, -0.05) is 48.9 Å². The van der Waals surface area contributed by atoms with Crippen LogP contribution < -0.4 is 10.9 Å². The number of amides is 1. The Balaban J connectivity index is 1.84. The van der Waals surface area contributed by atoms with E-state index in [1.54, 1.807) is 6.20 Å². The number of hydrogen-bond donors (Lipinski definition) is 1. The van der Waals surface area contributed by atoms with Crippen LogP contribution in [0.1, 0.15) is 25.8 Å². The van der Waals surface area contributed by atoms with Crippen LogP contribution in [0.5, 0.6) is 0 Å². The van der Waals surface area contributed by atoms with E-state index in [1.165, 1.54) is 4.68 Å². The SMILES string of the molecule is CC[C@@H](C)NC(=O)Cn1ncc2c3ccccc3n(Cc3cccc(Cl)c3)c2c1=O. The second-order valence-electron chi connectivity index (χ2n) is 7.48. The molecule has 0 fully saturated rings. The van der Waals surface area contributed by atoms with Crippen LogP contribution in [-0.4, -0.2) is 26.3 Å². The molecule has 1 atom stereocenters. The molecule has 2 aromatic heterocycles. The van der Waals surface area contributed by atoms with Gasteiger partial charge in [0.15, 0.2) is 0 Å². The second kappa shape index (κ2) is 8.32. The van der Waals surface area contributed by atoms with Crippen LogP contribution in [0.25, 0.3) is 21.8 Å². The highest BCUT2D eigenvalue weighted by Crippen LogP contribution is 2.27. The van der Waals surface area contributed by atoms with Gasteiger partial charge in [0, 0.05) is 33.9 Å². The third kappa shape index (κ3) is 3.83. The van der Waals surface area contributed by atoms with Crippen molar-refractivity contribution in [3.63, 3.8) is 0 Å². The first-order valence-electron chi connectivity index (χ1n) is 9.98. The Bertz CT molecular complexity index is 1290. The van der Waals surface area contributed by atoms with Crippen molar-refractivity contribution in [1.82, 2.24) is 19.7 Å². The number of aromatic nitrogens is 3. The number of nitrogens with one attached hydrogen (secondary N) is 1. The first-order valence-corrected chi connectivity index (χ1v) is 10.4. The number of fused-ring (bicyclic) bond motifs is 3. The number of para-hydroxylation sites is 1. The lowest BCUT2D eigenvalue weighted by Gasteiger charge is -2.12. The van der Waals surface area contributed by atoms with E-state index in [2.05, 4.69) is 10.4 Å². The summed E-state index contributed by atoms with van der Waals surface area (Å²) in [6, 6.07) is 15.5. The van der Waals surface area contributed by atoms with Crippen LogP contribution in [0.15, 0.2) is 59.5 Å². The molecule has 0 bridgehead atoms. The summed E-state index contributed by atoms with van der Waals surface area (Å²) in [5, 5.41) is 9.53. The molecule has 4 rings (SSSR count). The maximum absolute atomic E-state index is 13.3. The average Bonchev–Trinajstić information content (AvgIpc) is 3.04. The highest BCUT2D eigenvalue weighted by molar-refractivity contribution is 6.30. The number of benzene rings is 2. The van der Waals surface area contributed by atoms with E-state index in [-0.39, 0.29) is 24.1 Å². The summed E-state index contributed by atoms with van der Waals surface area (Å²) in [6.07, 6.45) is 2.49. The van der Waals surface area contributed by atoms with Gasteiger partial charge in [0.25, 0.3) is 5.56 Å².